The molecule has 3 aromatic rings. The van der Waals surface area contributed by atoms with Crippen molar-refractivity contribution < 1.29 is 9.53 Å². The third-order valence-electron chi connectivity index (χ3n) is 9.32. The van der Waals surface area contributed by atoms with Crippen LogP contribution in [0.3, 0.4) is 0 Å². The first-order valence-electron chi connectivity index (χ1n) is 13.3. The van der Waals surface area contributed by atoms with Crippen molar-refractivity contribution in [1.82, 2.24) is 0 Å². The molecule has 0 saturated heterocycles. The van der Waals surface area contributed by atoms with Gasteiger partial charge < -0.3 is 9.64 Å². The van der Waals surface area contributed by atoms with E-state index in [1.807, 2.05) is 30.3 Å². The summed E-state index contributed by atoms with van der Waals surface area (Å²) >= 11 is 0. The number of methoxy groups -OCH3 is 1. The van der Waals surface area contributed by atoms with Gasteiger partial charge in [0.25, 0.3) is 0 Å². The SMILES string of the molecule is COC(=O)c1ccc(C2=Nc3ccccc3N(C)c3ccc(C45CC6CC(CC(C6)C4)C5)cc32)cc1. The van der Waals surface area contributed by atoms with Gasteiger partial charge in [0.05, 0.1) is 35.4 Å². The number of anilines is 2. The Morgan fingerprint density at radius 1 is 0.889 bits per heavy atom. The largest absolute Gasteiger partial charge is 0.465 e. The number of carbonyl (C=O) groups excluding carboxylic acids is 1. The lowest BCUT2D eigenvalue weighted by Gasteiger charge is -2.57. The Balaban J connectivity index is 1.39. The molecule has 1 heterocycles. The molecule has 0 unspecified atom stereocenters. The standard InChI is InChI=1S/C32H32N2O2/c1-34-28-12-11-25(32-17-20-13-21(18-32)15-22(14-20)19-32)16-26(28)30(33-27-5-3-4-6-29(27)34)23-7-9-24(10-8-23)31(35)36-2/h3-12,16,20-22H,13-15,17-19H2,1-2H3. The van der Waals surface area contributed by atoms with Gasteiger partial charge in [-0.1, -0.05) is 30.3 Å². The van der Waals surface area contributed by atoms with Crippen molar-refractivity contribution in [2.75, 3.05) is 19.1 Å². The lowest BCUT2D eigenvalue weighted by Crippen LogP contribution is -2.48. The van der Waals surface area contributed by atoms with Crippen LogP contribution in [0, 0.1) is 17.8 Å². The van der Waals surface area contributed by atoms with E-state index in [4.69, 9.17) is 9.73 Å². The maximum absolute atomic E-state index is 12.1. The number of fused-ring (bicyclic) bond motifs is 2. The van der Waals surface area contributed by atoms with Crippen LogP contribution in [0.2, 0.25) is 0 Å². The van der Waals surface area contributed by atoms with Crippen LogP contribution in [0.4, 0.5) is 17.1 Å². The highest BCUT2D eigenvalue weighted by Gasteiger charge is 2.51. The first kappa shape index (κ1) is 21.8. The molecule has 0 aromatic heterocycles. The first-order valence-corrected chi connectivity index (χ1v) is 13.3. The van der Waals surface area contributed by atoms with E-state index in [0.29, 0.717) is 11.0 Å². The molecule has 4 aliphatic carbocycles. The molecule has 4 saturated carbocycles. The van der Waals surface area contributed by atoms with Crippen LogP contribution >= 0.6 is 0 Å². The van der Waals surface area contributed by atoms with Crippen LogP contribution < -0.4 is 4.90 Å². The number of ether oxygens (including phenoxy) is 1. The predicted octanol–water partition coefficient (Wildman–Crippen LogP) is 7.19. The fraction of sp³-hybridized carbons (Fsp3) is 0.375. The zero-order valence-corrected chi connectivity index (χ0v) is 21.0. The van der Waals surface area contributed by atoms with Gasteiger partial charge in [-0.15, -0.1) is 0 Å². The van der Waals surface area contributed by atoms with E-state index in [2.05, 4.69) is 48.3 Å². The molecule has 4 bridgehead atoms. The van der Waals surface area contributed by atoms with Gasteiger partial charge in [0.2, 0.25) is 0 Å². The fourth-order valence-electron chi connectivity index (χ4n) is 8.07. The van der Waals surface area contributed by atoms with Gasteiger partial charge in [-0.2, -0.15) is 0 Å². The van der Waals surface area contributed by atoms with Crippen molar-refractivity contribution in [2.24, 2.45) is 22.7 Å². The number of rotatable bonds is 3. The second-order valence-electron chi connectivity index (χ2n) is 11.5. The zero-order valence-electron chi connectivity index (χ0n) is 21.0. The van der Waals surface area contributed by atoms with Crippen LogP contribution in [0.25, 0.3) is 0 Å². The Kier molecular flexibility index (Phi) is 4.89. The second kappa shape index (κ2) is 8.06. The van der Waals surface area contributed by atoms with Crippen LogP contribution in [0.5, 0.6) is 0 Å². The molecule has 3 aromatic carbocycles. The molecule has 8 rings (SSSR count). The highest BCUT2D eigenvalue weighted by Crippen LogP contribution is 2.61. The number of nitrogens with zero attached hydrogens (tertiary/aromatic N) is 2. The summed E-state index contributed by atoms with van der Waals surface area (Å²) in [5.74, 6) is 2.39. The van der Waals surface area contributed by atoms with E-state index in [1.54, 1.807) is 0 Å². The van der Waals surface area contributed by atoms with Crippen molar-refractivity contribution >= 4 is 28.7 Å². The molecule has 4 heteroatoms. The van der Waals surface area contributed by atoms with E-state index in [1.165, 1.54) is 62.4 Å². The van der Waals surface area contributed by atoms with E-state index in [9.17, 15) is 4.79 Å². The smallest absolute Gasteiger partial charge is 0.337 e. The summed E-state index contributed by atoms with van der Waals surface area (Å²) in [6, 6.07) is 23.2. The summed E-state index contributed by atoms with van der Waals surface area (Å²) in [5.41, 5.74) is 8.75. The molecule has 0 N–H and O–H groups in total. The molecule has 5 aliphatic rings. The topological polar surface area (TPSA) is 41.9 Å². The molecule has 36 heavy (non-hydrogen) atoms. The summed E-state index contributed by atoms with van der Waals surface area (Å²) < 4.78 is 4.92. The fourth-order valence-corrected chi connectivity index (χ4v) is 8.07. The molecule has 182 valence electrons. The molecule has 0 amide bonds. The van der Waals surface area contributed by atoms with E-state index in [0.717, 1.165) is 40.4 Å². The van der Waals surface area contributed by atoms with Gasteiger partial charge in [-0.05, 0) is 104 Å². The van der Waals surface area contributed by atoms with Gasteiger partial charge in [0.15, 0.2) is 0 Å². The quantitative estimate of drug-likeness (QED) is 0.376. The third kappa shape index (κ3) is 3.34. The van der Waals surface area contributed by atoms with Crippen molar-refractivity contribution in [3.8, 4) is 0 Å². The summed E-state index contributed by atoms with van der Waals surface area (Å²) in [6.07, 6.45) is 8.36. The van der Waals surface area contributed by atoms with Gasteiger partial charge in [-0.25, -0.2) is 9.79 Å². The lowest BCUT2D eigenvalue weighted by atomic mass is 9.48. The van der Waals surface area contributed by atoms with Crippen LogP contribution in [-0.2, 0) is 10.2 Å². The Hall–Kier alpha value is -3.40. The molecular weight excluding hydrogens is 444 g/mol. The molecular formula is C32H32N2O2. The summed E-state index contributed by atoms with van der Waals surface area (Å²) in [7, 11) is 3.56. The molecule has 0 spiro atoms. The van der Waals surface area contributed by atoms with Crippen molar-refractivity contribution in [2.45, 2.75) is 43.9 Å². The highest BCUT2D eigenvalue weighted by molar-refractivity contribution is 6.19. The number of hydrogen-bond donors (Lipinski definition) is 0. The normalized spacial score (nSPS) is 27.7. The van der Waals surface area contributed by atoms with Gasteiger partial charge >= 0.3 is 5.97 Å². The number of carbonyl (C=O) groups is 1. The second-order valence-corrected chi connectivity index (χ2v) is 11.5. The minimum Gasteiger partial charge on any atom is -0.465 e. The predicted molar refractivity (Wildman–Crippen MR) is 144 cm³/mol. The van der Waals surface area contributed by atoms with E-state index in [-0.39, 0.29) is 5.97 Å². The van der Waals surface area contributed by atoms with E-state index < -0.39 is 0 Å². The number of esters is 1. The summed E-state index contributed by atoms with van der Waals surface area (Å²) in [4.78, 5) is 19.6. The zero-order chi connectivity index (χ0) is 24.4. The molecule has 0 atom stereocenters. The molecule has 4 nitrogen and oxygen atoms in total. The Labute approximate surface area is 213 Å². The lowest BCUT2D eigenvalue weighted by molar-refractivity contribution is -0.00518. The van der Waals surface area contributed by atoms with Crippen LogP contribution in [-0.4, -0.2) is 25.8 Å². The van der Waals surface area contributed by atoms with E-state index >= 15 is 0 Å². The maximum Gasteiger partial charge on any atom is 0.337 e. The highest BCUT2D eigenvalue weighted by atomic mass is 16.5. The molecule has 0 radical (unpaired) electrons. The summed E-state index contributed by atoms with van der Waals surface area (Å²) in [6.45, 7) is 0. The van der Waals surface area contributed by atoms with Crippen molar-refractivity contribution in [3.63, 3.8) is 0 Å². The Bertz CT molecular complexity index is 1350. The Morgan fingerprint density at radius 2 is 1.56 bits per heavy atom. The monoisotopic (exact) mass is 476 g/mol. The van der Waals surface area contributed by atoms with Crippen molar-refractivity contribution in [3.05, 3.63) is 89.0 Å². The number of benzene rings is 3. The van der Waals surface area contributed by atoms with Gasteiger partial charge in [-0.3, -0.25) is 0 Å². The number of aliphatic imine (C=N–C) groups is 1. The maximum atomic E-state index is 12.1. The van der Waals surface area contributed by atoms with Gasteiger partial charge in [0.1, 0.15) is 0 Å². The number of para-hydroxylation sites is 2. The summed E-state index contributed by atoms with van der Waals surface area (Å²) in [5, 5.41) is 0. The van der Waals surface area contributed by atoms with Crippen LogP contribution in [0.1, 0.15) is 65.6 Å². The minimum atomic E-state index is -0.320. The number of hydrogen-bond acceptors (Lipinski definition) is 4. The first-order chi connectivity index (χ1) is 17.5. The van der Waals surface area contributed by atoms with Gasteiger partial charge in [0, 0.05) is 18.2 Å². The average Bonchev–Trinajstić information content (AvgIpc) is 3.02. The molecule has 4 fully saturated rings. The minimum absolute atomic E-state index is 0.320. The third-order valence-corrected chi connectivity index (χ3v) is 9.32. The van der Waals surface area contributed by atoms with Crippen molar-refractivity contribution in [1.29, 1.82) is 0 Å². The molecule has 1 aliphatic heterocycles. The van der Waals surface area contributed by atoms with Crippen LogP contribution in [0.15, 0.2) is 71.7 Å². The average molecular weight is 477 g/mol. The Morgan fingerprint density at radius 3 is 2.22 bits per heavy atom.